The summed E-state index contributed by atoms with van der Waals surface area (Å²) in [5.41, 5.74) is 3.83. The number of hydrogen-bond acceptors (Lipinski definition) is 5. The van der Waals surface area contributed by atoms with E-state index in [1.165, 1.54) is 0 Å². The number of aryl methyl sites for hydroxylation is 4. The van der Waals surface area contributed by atoms with Gasteiger partial charge in [0.05, 0.1) is 11.4 Å². The second-order valence-electron chi connectivity index (χ2n) is 11.0. The molecule has 0 radical (unpaired) electrons. The average molecular weight is 634 g/mol. The van der Waals surface area contributed by atoms with Crippen LogP contribution in [0.15, 0.2) is 147 Å². The summed E-state index contributed by atoms with van der Waals surface area (Å²) in [5, 5.41) is 14.7. The van der Waals surface area contributed by atoms with Crippen LogP contribution in [0.3, 0.4) is 0 Å². The molecule has 3 heterocycles. The largest absolute Gasteiger partial charge is 0.309 e. The van der Waals surface area contributed by atoms with Gasteiger partial charge in [-0.05, 0) is 39.8 Å². The predicted octanol–water partition coefficient (Wildman–Crippen LogP) is 8.20. The van der Waals surface area contributed by atoms with Crippen LogP contribution in [0.2, 0.25) is 0 Å². The minimum atomic E-state index is -3.17. The lowest BCUT2D eigenvalue weighted by molar-refractivity contribution is 0.838. The molecule has 0 saturated heterocycles. The lowest BCUT2D eigenvalue weighted by Crippen LogP contribution is -2.23. The van der Waals surface area contributed by atoms with Gasteiger partial charge in [0.25, 0.3) is 0 Å². The van der Waals surface area contributed by atoms with Gasteiger partial charge in [-0.25, -0.2) is 4.52 Å². The summed E-state index contributed by atoms with van der Waals surface area (Å²) >= 11 is 0. The molecule has 10 heteroatoms. The molecule has 0 unspecified atom stereocenters. The molecule has 0 amide bonds. The summed E-state index contributed by atoms with van der Waals surface area (Å²) in [6.07, 6.45) is 0. The van der Waals surface area contributed by atoms with Gasteiger partial charge < -0.3 is 0 Å². The highest BCUT2D eigenvalue weighted by Gasteiger charge is 2.44. The zero-order valence-corrected chi connectivity index (χ0v) is 27.9. The molecule has 0 N–H and O–H groups in total. The molecule has 0 atom stereocenters. The first-order chi connectivity index (χ1) is 21.4. The van der Waals surface area contributed by atoms with E-state index >= 15 is 0 Å². The molecule has 0 saturated carbocycles. The predicted molar refractivity (Wildman–Crippen MR) is 187 cm³/mol. The van der Waals surface area contributed by atoms with Crippen molar-refractivity contribution in [1.82, 2.24) is 19.1 Å². The van der Waals surface area contributed by atoms with Gasteiger partial charge >= 0.3 is 7.51 Å². The van der Waals surface area contributed by atoms with Crippen molar-refractivity contribution >= 4 is 43.1 Å². The fourth-order valence-electron chi connectivity index (χ4n) is 5.85. The van der Waals surface area contributed by atoms with E-state index in [0.29, 0.717) is 0 Å². The van der Waals surface area contributed by atoms with Gasteiger partial charge in [0.2, 0.25) is 0 Å². The minimum absolute atomic E-state index is 0.919. The van der Waals surface area contributed by atoms with E-state index in [1.54, 1.807) is 0 Å². The van der Waals surface area contributed by atoms with Crippen LogP contribution in [0.4, 0.5) is 0 Å². The molecule has 7 rings (SSSR count). The molecular formula is C34H34N7P3. The van der Waals surface area contributed by atoms with E-state index in [2.05, 4.69) is 156 Å². The van der Waals surface area contributed by atoms with Crippen LogP contribution in [0, 0.1) is 27.7 Å². The van der Waals surface area contributed by atoms with Crippen LogP contribution in [-0.2, 0) is 0 Å². The summed E-state index contributed by atoms with van der Waals surface area (Å²) in [6.45, 7) is 8.26. The van der Waals surface area contributed by atoms with Crippen molar-refractivity contribution in [2.45, 2.75) is 27.7 Å². The zero-order valence-electron chi connectivity index (χ0n) is 25.2. The summed E-state index contributed by atoms with van der Waals surface area (Å²) in [7, 11) is -8.94. The molecule has 1 aliphatic rings. The lowest BCUT2D eigenvalue weighted by atomic mass is 10.4. The van der Waals surface area contributed by atoms with Crippen LogP contribution in [0.5, 0.6) is 0 Å². The maximum absolute atomic E-state index is 6.08. The van der Waals surface area contributed by atoms with Crippen LogP contribution < -0.4 is 21.2 Å². The normalized spacial score (nSPS) is 16.4. The number of rotatable bonds is 6. The summed E-state index contributed by atoms with van der Waals surface area (Å²) in [5.74, 6) is 0. The molecule has 44 heavy (non-hydrogen) atoms. The molecule has 0 aliphatic carbocycles. The van der Waals surface area contributed by atoms with Crippen LogP contribution >= 0.6 is 21.9 Å². The molecule has 0 bridgehead atoms. The van der Waals surface area contributed by atoms with E-state index < -0.39 is 21.9 Å². The van der Waals surface area contributed by atoms with Crippen LogP contribution in [0.25, 0.3) is 0 Å². The highest BCUT2D eigenvalue weighted by atomic mass is 31.3. The Balaban J connectivity index is 1.83. The molecule has 2 aromatic heterocycles. The smallest absolute Gasteiger partial charge is 0.223 e. The van der Waals surface area contributed by atoms with E-state index in [-0.39, 0.29) is 0 Å². The van der Waals surface area contributed by atoms with E-state index in [4.69, 9.17) is 23.7 Å². The van der Waals surface area contributed by atoms with E-state index in [1.807, 2.05) is 13.8 Å². The summed E-state index contributed by atoms with van der Waals surface area (Å²) in [4.78, 5) is 0. The Labute approximate surface area is 259 Å². The zero-order chi connectivity index (χ0) is 30.4. The molecule has 6 aromatic rings. The molecule has 7 nitrogen and oxygen atoms in total. The van der Waals surface area contributed by atoms with Crippen LogP contribution in [0.1, 0.15) is 22.8 Å². The van der Waals surface area contributed by atoms with Crippen molar-refractivity contribution in [3.63, 3.8) is 0 Å². The number of nitrogens with zero attached hydrogens (tertiary/aromatic N) is 7. The summed E-state index contributed by atoms with van der Waals surface area (Å²) < 4.78 is 22.3. The quantitative estimate of drug-likeness (QED) is 0.174. The van der Waals surface area contributed by atoms with Crippen molar-refractivity contribution in [2.24, 2.45) is 13.5 Å². The Morgan fingerprint density at radius 3 is 1.02 bits per heavy atom. The third-order valence-electron chi connectivity index (χ3n) is 7.70. The highest BCUT2D eigenvalue weighted by molar-refractivity contribution is 7.96. The fraction of sp³-hybridized carbons (Fsp3) is 0.118. The molecular weight excluding hydrogens is 599 g/mol. The maximum Gasteiger partial charge on any atom is 0.309 e. The molecule has 0 fully saturated rings. The Bertz CT molecular complexity index is 1910. The molecule has 1 aliphatic heterocycles. The third-order valence-corrected chi connectivity index (χ3v) is 19.7. The van der Waals surface area contributed by atoms with Crippen molar-refractivity contribution in [3.05, 3.63) is 156 Å². The second-order valence-corrected chi connectivity index (χ2v) is 19.4. The van der Waals surface area contributed by atoms with Gasteiger partial charge in [-0.15, -0.1) is 0 Å². The van der Waals surface area contributed by atoms with E-state index in [9.17, 15) is 0 Å². The van der Waals surface area contributed by atoms with Gasteiger partial charge in [0.1, 0.15) is 14.4 Å². The number of benzene rings is 4. The van der Waals surface area contributed by atoms with Gasteiger partial charge in [-0.1, -0.05) is 121 Å². The van der Waals surface area contributed by atoms with Crippen molar-refractivity contribution in [1.29, 1.82) is 0 Å². The first-order valence-corrected chi connectivity index (χ1v) is 19.6. The first-order valence-electron chi connectivity index (χ1n) is 14.6. The highest BCUT2D eigenvalue weighted by Crippen LogP contribution is 2.77. The summed E-state index contributed by atoms with van der Waals surface area (Å²) in [6, 6.07) is 46.6. The Hall–Kier alpha value is -4.01. The van der Waals surface area contributed by atoms with Gasteiger partial charge in [0, 0.05) is 32.6 Å². The molecule has 4 aromatic carbocycles. The number of hydrogen-bond donors (Lipinski definition) is 0. The minimum Gasteiger partial charge on any atom is -0.223 e. The van der Waals surface area contributed by atoms with Crippen LogP contribution in [-0.4, -0.2) is 19.1 Å². The van der Waals surface area contributed by atoms with Crippen molar-refractivity contribution < 1.29 is 0 Å². The monoisotopic (exact) mass is 633 g/mol. The second kappa shape index (κ2) is 11.2. The Morgan fingerprint density at radius 2 is 0.727 bits per heavy atom. The first kappa shape index (κ1) is 28.7. The third kappa shape index (κ3) is 4.63. The average Bonchev–Trinajstić information content (AvgIpc) is 3.61. The van der Waals surface area contributed by atoms with Gasteiger partial charge in [-0.2, -0.15) is 28.1 Å². The fourth-order valence-corrected chi connectivity index (χ4v) is 20.6. The molecule has 0 spiro atoms. The van der Waals surface area contributed by atoms with Crippen molar-refractivity contribution in [2.75, 3.05) is 0 Å². The van der Waals surface area contributed by atoms with Crippen molar-refractivity contribution in [3.8, 4) is 0 Å². The molecule has 220 valence electrons. The Kier molecular flexibility index (Phi) is 7.29. The number of aromatic nitrogens is 4. The lowest BCUT2D eigenvalue weighted by Gasteiger charge is -2.38. The SMILES string of the molecule is Cc1cc(C)n(P2(n3nc(C)cc3C)=NP(c3ccccc3)(c3ccccc3)=NP(c3ccccc3)(c3ccccc3)=N2)n1. The standard InChI is InChI=1S/C34H34N7P3/c1-27-25-29(3)40(35-27)44(41-30(4)26-28(2)36-41)38-42(31-17-9-5-10-18-31,32-19-11-6-12-20-32)37-43(39-44,33-21-13-7-14-22-33)34-23-15-8-16-24-34/h5-26H,1-4H3. The maximum atomic E-state index is 6.08. The van der Waals surface area contributed by atoms with E-state index in [0.717, 1.165) is 44.0 Å². The Morgan fingerprint density at radius 1 is 0.409 bits per heavy atom. The van der Waals surface area contributed by atoms with Gasteiger partial charge in [0.15, 0.2) is 0 Å². The van der Waals surface area contributed by atoms with Gasteiger partial charge in [-0.3, -0.25) is 0 Å². The topological polar surface area (TPSA) is 72.7 Å².